The molecule has 5 rings (SSSR count). The summed E-state index contributed by atoms with van der Waals surface area (Å²) in [5.74, 6) is 4.73. The normalized spacial score (nSPS) is 45.9. The predicted octanol–water partition coefficient (Wildman–Crippen LogP) is 6.17. The van der Waals surface area contributed by atoms with Crippen molar-refractivity contribution in [3.63, 3.8) is 0 Å². The molecule has 5 aliphatic rings. The van der Waals surface area contributed by atoms with Crippen molar-refractivity contribution < 1.29 is 0 Å². The monoisotopic (exact) mass is 382 g/mol. The van der Waals surface area contributed by atoms with Gasteiger partial charge in [0, 0.05) is 24.2 Å². The molecule has 3 saturated carbocycles. The van der Waals surface area contributed by atoms with Gasteiger partial charge >= 0.3 is 0 Å². The Morgan fingerprint density at radius 3 is 2.89 bits per heavy atom. The molecule has 4 aliphatic carbocycles. The van der Waals surface area contributed by atoms with Crippen molar-refractivity contribution >= 4 is 5.71 Å². The van der Waals surface area contributed by atoms with Gasteiger partial charge in [-0.2, -0.15) is 0 Å². The van der Waals surface area contributed by atoms with Gasteiger partial charge in [0.25, 0.3) is 0 Å². The van der Waals surface area contributed by atoms with E-state index in [9.17, 15) is 0 Å². The second-order valence-corrected chi connectivity index (χ2v) is 11.1. The fraction of sp³-hybridized carbons (Fsp3) is 0.885. The van der Waals surface area contributed by atoms with E-state index in [4.69, 9.17) is 4.99 Å². The van der Waals surface area contributed by atoms with Crippen LogP contribution < -0.4 is 5.32 Å². The summed E-state index contributed by atoms with van der Waals surface area (Å²) in [5, 5.41) is 3.63. The molecular formula is C26H42N2. The van der Waals surface area contributed by atoms with Gasteiger partial charge in [0.05, 0.1) is 0 Å². The summed E-state index contributed by atoms with van der Waals surface area (Å²) < 4.78 is 0. The molecule has 0 aromatic rings. The van der Waals surface area contributed by atoms with Gasteiger partial charge in [-0.05, 0) is 120 Å². The number of fused-ring (bicyclic) bond motifs is 5. The van der Waals surface area contributed by atoms with E-state index < -0.39 is 0 Å². The fourth-order valence-corrected chi connectivity index (χ4v) is 8.50. The third kappa shape index (κ3) is 3.32. The SMILES string of the molecule is CC(=NCCC1CCCN1)C1CCC2C3CCC4=CCCCC4C3CCC12C. The zero-order valence-electron chi connectivity index (χ0n) is 18.4. The van der Waals surface area contributed by atoms with Gasteiger partial charge in [-0.1, -0.05) is 18.6 Å². The van der Waals surface area contributed by atoms with Crippen molar-refractivity contribution in [3.05, 3.63) is 11.6 Å². The zero-order valence-corrected chi connectivity index (χ0v) is 18.4. The van der Waals surface area contributed by atoms with Crippen LogP contribution in [0.5, 0.6) is 0 Å². The van der Waals surface area contributed by atoms with Gasteiger partial charge in [0.1, 0.15) is 0 Å². The van der Waals surface area contributed by atoms with Crippen LogP contribution in [0.3, 0.4) is 0 Å². The average molecular weight is 383 g/mol. The van der Waals surface area contributed by atoms with Gasteiger partial charge < -0.3 is 5.32 Å². The van der Waals surface area contributed by atoms with E-state index in [0.29, 0.717) is 5.41 Å². The first-order chi connectivity index (χ1) is 13.7. The van der Waals surface area contributed by atoms with Crippen LogP contribution in [0.1, 0.15) is 90.9 Å². The first kappa shape index (κ1) is 19.3. The zero-order chi connectivity index (χ0) is 19.1. The molecule has 0 aromatic heterocycles. The second kappa shape index (κ2) is 7.89. The number of rotatable bonds is 4. The van der Waals surface area contributed by atoms with Crippen LogP contribution >= 0.6 is 0 Å². The molecule has 0 aromatic carbocycles. The Morgan fingerprint density at radius 1 is 1.11 bits per heavy atom. The van der Waals surface area contributed by atoms with Crippen molar-refractivity contribution in [1.29, 1.82) is 0 Å². The maximum absolute atomic E-state index is 5.14. The van der Waals surface area contributed by atoms with Crippen molar-refractivity contribution in [2.45, 2.75) is 96.9 Å². The molecule has 2 heteroatoms. The van der Waals surface area contributed by atoms with E-state index >= 15 is 0 Å². The summed E-state index contributed by atoms with van der Waals surface area (Å²) in [7, 11) is 0. The molecule has 1 N–H and O–H groups in total. The lowest BCUT2D eigenvalue weighted by Gasteiger charge is -2.54. The molecule has 4 fully saturated rings. The molecule has 156 valence electrons. The van der Waals surface area contributed by atoms with Crippen LogP contribution in [-0.2, 0) is 0 Å². The molecule has 0 spiro atoms. The Balaban J connectivity index is 1.27. The minimum Gasteiger partial charge on any atom is -0.314 e. The van der Waals surface area contributed by atoms with Crippen LogP contribution in [0.15, 0.2) is 16.6 Å². The molecule has 0 radical (unpaired) electrons. The lowest BCUT2D eigenvalue weighted by atomic mass is 9.51. The maximum atomic E-state index is 5.14. The average Bonchev–Trinajstić information content (AvgIpc) is 3.35. The Kier molecular flexibility index (Phi) is 5.45. The lowest BCUT2D eigenvalue weighted by molar-refractivity contribution is -0.0107. The predicted molar refractivity (Wildman–Crippen MR) is 119 cm³/mol. The van der Waals surface area contributed by atoms with Crippen LogP contribution in [0, 0.1) is 35.0 Å². The molecule has 0 amide bonds. The largest absolute Gasteiger partial charge is 0.314 e. The summed E-state index contributed by atoms with van der Waals surface area (Å²) >= 11 is 0. The van der Waals surface area contributed by atoms with E-state index in [1.807, 2.05) is 5.57 Å². The van der Waals surface area contributed by atoms with Crippen LogP contribution in [-0.4, -0.2) is 24.8 Å². The van der Waals surface area contributed by atoms with Crippen molar-refractivity contribution in [2.75, 3.05) is 13.1 Å². The number of nitrogens with one attached hydrogen (secondary N) is 1. The molecule has 7 unspecified atom stereocenters. The smallest absolute Gasteiger partial charge is 0.0403 e. The standard InChI is InChI=1S/C26H42N2/c1-18(27-17-14-20-7-5-16-28-20)24-11-12-25-23-10-9-19-6-3-4-8-21(19)22(23)13-15-26(24,25)2/h6,20-25,28H,3-5,7-17H2,1-2H3. The Labute approximate surface area is 173 Å². The first-order valence-electron chi connectivity index (χ1n) is 12.6. The first-order valence-corrected chi connectivity index (χ1v) is 12.6. The highest BCUT2D eigenvalue weighted by Gasteiger charge is 2.56. The van der Waals surface area contributed by atoms with Gasteiger partial charge in [0.15, 0.2) is 0 Å². The van der Waals surface area contributed by atoms with Gasteiger partial charge in [-0.25, -0.2) is 0 Å². The third-order valence-corrected chi connectivity index (χ3v) is 9.88. The number of hydrogen-bond acceptors (Lipinski definition) is 2. The molecule has 1 saturated heterocycles. The summed E-state index contributed by atoms with van der Waals surface area (Å²) in [6.45, 7) is 7.30. The Morgan fingerprint density at radius 2 is 2.04 bits per heavy atom. The van der Waals surface area contributed by atoms with Crippen molar-refractivity contribution in [3.8, 4) is 0 Å². The highest BCUT2D eigenvalue weighted by Crippen LogP contribution is 2.63. The summed E-state index contributed by atoms with van der Waals surface area (Å²) in [6.07, 6.45) is 19.7. The van der Waals surface area contributed by atoms with E-state index in [2.05, 4.69) is 25.2 Å². The molecular weight excluding hydrogens is 340 g/mol. The highest BCUT2D eigenvalue weighted by atomic mass is 14.9. The van der Waals surface area contributed by atoms with E-state index in [1.54, 1.807) is 0 Å². The molecule has 28 heavy (non-hydrogen) atoms. The molecule has 1 aliphatic heterocycles. The Bertz CT molecular complexity index is 628. The van der Waals surface area contributed by atoms with Crippen molar-refractivity contribution in [2.24, 2.45) is 40.0 Å². The second-order valence-electron chi connectivity index (χ2n) is 11.1. The summed E-state index contributed by atoms with van der Waals surface area (Å²) in [4.78, 5) is 5.14. The maximum Gasteiger partial charge on any atom is 0.0403 e. The number of hydrogen-bond donors (Lipinski definition) is 1. The van der Waals surface area contributed by atoms with Crippen LogP contribution in [0.2, 0.25) is 0 Å². The van der Waals surface area contributed by atoms with Crippen molar-refractivity contribution in [1.82, 2.24) is 5.32 Å². The third-order valence-electron chi connectivity index (χ3n) is 9.88. The topological polar surface area (TPSA) is 24.4 Å². The highest BCUT2D eigenvalue weighted by molar-refractivity contribution is 5.85. The van der Waals surface area contributed by atoms with E-state index in [-0.39, 0.29) is 0 Å². The minimum absolute atomic E-state index is 0.538. The number of aliphatic imine (C=N–C) groups is 1. The van der Waals surface area contributed by atoms with Crippen LogP contribution in [0.25, 0.3) is 0 Å². The Hall–Kier alpha value is -0.630. The van der Waals surface area contributed by atoms with Crippen LogP contribution in [0.4, 0.5) is 0 Å². The van der Waals surface area contributed by atoms with E-state index in [1.165, 1.54) is 89.3 Å². The number of nitrogens with zero attached hydrogens (tertiary/aromatic N) is 1. The molecule has 0 bridgehead atoms. The minimum atomic E-state index is 0.538. The lowest BCUT2D eigenvalue weighted by Crippen LogP contribution is -2.47. The number of allylic oxidation sites excluding steroid dienone is 2. The summed E-state index contributed by atoms with van der Waals surface area (Å²) in [5.41, 5.74) is 3.90. The van der Waals surface area contributed by atoms with Gasteiger partial charge in [-0.15, -0.1) is 0 Å². The molecule has 2 nitrogen and oxygen atoms in total. The summed E-state index contributed by atoms with van der Waals surface area (Å²) in [6, 6.07) is 0.735. The molecule has 7 atom stereocenters. The quantitative estimate of drug-likeness (QED) is 0.456. The van der Waals surface area contributed by atoms with Gasteiger partial charge in [0.2, 0.25) is 0 Å². The fourth-order valence-electron chi connectivity index (χ4n) is 8.50. The molecule has 1 heterocycles. The van der Waals surface area contributed by atoms with Gasteiger partial charge in [-0.3, -0.25) is 4.99 Å². The van der Waals surface area contributed by atoms with E-state index in [0.717, 1.165) is 42.2 Å².